The molecule has 0 spiro atoms. The standard InChI is InChI=1S/C14H14N2O5/c15-16-14(17)13-10(3-4-19-13)7-18-6-9-1-2-11-12(5-9)21-8-20-11/h1-5H,6-8,15H2,(H,16,17). The van der Waals surface area contributed by atoms with Crippen LogP contribution in [0.3, 0.4) is 0 Å². The van der Waals surface area contributed by atoms with Crippen molar-refractivity contribution in [2.45, 2.75) is 13.2 Å². The average molecular weight is 290 g/mol. The Morgan fingerprint density at radius 1 is 1.24 bits per heavy atom. The first kappa shape index (κ1) is 13.5. The lowest BCUT2D eigenvalue weighted by Gasteiger charge is -2.05. The van der Waals surface area contributed by atoms with Crippen molar-refractivity contribution in [3.8, 4) is 11.5 Å². The zero-order valence-electron chi connectivity index (χ0n) is 11.1. The van der Waals surface area contributed by atoms with Gasteiger partial charge in [0.1, 0.15) is 0 Å². The summed E-state index contributed by atoms with van der Waals surface area (Å²) in [5, 5.41) is 0. The number of hydrogen-bond donors (Lipinski definition) is 2. The topological polar surface area (TPSA) is 96.0 Å². The van der Waals surface area contributed by atoms with Crippen molar-refractivity contribution in [1.82, 2.24) is 5.43 Å². The summed E-state index contributed by atoms with van der Waals surface area (Å²) in [5.41, 5.74) is 3.61. The van der Waals surface area contributed by atoms with E-state index < -0.39 is 5.91 Å². The molecule has 0 radical (unpaired) electrons. The fourth-order valence-corrected chi connectivity index (χ4v) is 2.02. The quantitative estimate of drug-likeness (QED) is 0.490. The molecule has 0 aliphatic carbocycles. The number of nitrogens with one attached hydrogen (secondary N) is 1. The van der Waals surface area contributed by atoms with Gasteiger partial charge in [-0.3, -0.25) is 10.2 Å². The van der Waals surface area contributed by atoms with Gasteiger partial charge in [-0.25, -0.2) is 5.84 Å². The van der Waals surface area contributed by atoms with Gasteiger partial charge >= 0.3 is 5.91 Å². The first-order chi connectivity index (χ1) is 10.3. The van der Waals surface area contributed by atoms with E-state index in [1.807, 2.05) is 23.6 Å². The summed E-state index contributed by atoms with van der Waals surface area (Å²) in [7, 11) is 0. The van der Waals surface area contributed by atoms with E-state index in [0.717, 1.165) is 11.3 Å². The maximum atomic E-state index is 11.4. The van der Waals surface area contributed by atoms with Crippen LogP contribution >= 0.6 is 0 Å². The molecule has 0 unspecified atom stereocenters. The number of fused-ring (bicyclic) bond motifs is 1. The molecule has 1 aromatic heterocycles. The van der Waals surface area contributed by atoms with Gasteiger partial charge in [-0.2, -0.15) is 0 Å². The normalized spacial score (nSPS) is 12.4. The van der Waals surface area contributed by atoms with Gasteiger partial charge in [0.25, 0.3) is 0 Å². The van der Waals surface area contributed by atoms with Crippen molar-refractivity contribution < 1.29 is 23.4 Å². The van der Waals surface area contributed by atoms with E-state index in [9.17, 15) is 4.79 Å². The minimum atomic E-state index is -0.485. The van der Waals surface area contributed by atoms with Gasteiger partial charge < -0.3 is 18.6 Å². The van der Waals surface area contributed by atoms with E-state index in [-0.39, 0.29) is 19.2 Å². The molecule has 0 atom stereocenters. The maximum absolute atomic E-state index is 11.4. The van der Waals surface area contributed by atoms with Crippen LogP contribution in [0.4, 0.5) is 0 Å². The number of hydrazine groups is 1. The Morgan fingerprint density at radius 3 is 2.95 bits per heavy atom. The molecule has 0 saturated carbocycles. The van der Waals surface area contributed by atoms with Crippen molar-refractivity contribution in [2.24, 2.45) is 5.84 Å². The number of nitrogen functional groups attached to an aromatic ring is 1. The molecule has 7 heteroatoms. The minimum Gasteiger partial charge on any atom is -0.459 e. The number of amides is 1. The van der Waals surface area contributed by atoms with Crippen LogP contribution in [-0.4, -0.2) is 12.7 Å². The van der Waals surface area contributed by atoms with E-state index in [0.29, 0.717) is 17.9 Å². The number of hydrogen-bond acceptors (Lipinski definition) is 6. The van der Waals surface area contributed by atoms with Crippen molar-refractivity contribution in [3.05, 3.63) is 47.4 Å². The predicted molar refractivity (Wildman–Crippen MR) is 71.4 cm³/mol. The van der Waals surface area contributed by atoms with Gasteiger partial charge in [-0.05, 0) is 23.8 Å². The molecule has 1 amide bonds. The van der Waals surface area contributed by atoms with Crippen LogP contribution in [0.5, 0.6) is 11.5 Å². The van der Waals surface area contributed by atoms with Crippen LogP contribution in [0.15, 0.2) is 34.9 Å². The van der Waals surface area contributed by atoms with Crippen LogP contribution < -0.4 is 20.7 Å². The fraction of sp³-hybridized carbons (Fsp3) is 0.214. The first-order valence-electron chi connectivity index (χ1n) is 6.31. The zero-order chi connectivity index (χ0) is 14.7. The SMILES string of the molecule is NNC(=O)c1occc1COCc1ccc2c(c1)OCO2. The molecular weight excluding hydrogens is 276 g/mol. The second-order valence-corrected chi connectivity index (χ2v) is 4.43. The third kappa shape index (κ3) is 2.83. The molecule has 21 heavy (non-hydrogen) atoms. The summed E-state index contributed by atoms with van der Waals surface area (Å²) in [6, 6.07) is 7.28. The van der Waals surface area contributed by atoms with Gasteiger partial charge in [-0.1, -0.05) is 6.07 Å². The second kappa shape index (κ2) is 5.86. The number of benzene rings is 1. The third-order valence-corrected chi connectivity index (χ3v) is 3.05. The highest BCUT2D eigenvalue weighted by Crippen LogP contribution is 2.32. The first-order valence-corrected chi connectivity index (χ1v) is 6.31. The van der Waals surface area contributed by atoms with E-state index in [4.69, 9.17) is 24.5 Å². The van der Waals surface area contributed by atoms with Crippen LogP contribution in [0, 0.1) is 0 Å². The molecule has 3 rings (SSSR count). The molecule has 1 aromatic carbocycles. The molecular formula is C14H14N2O5. The Bertz CT molecular complexity index is 653. The summed E-state index contributed by atoms with van der Waals surface area (Å²) >= 11 is 0. The number of furan rings is 1. The van der Waals surface area contributed by atoms with E-state index >= 15 is 0 Å². The van der Waals surface area contributed by atoms with Crippen LogP contribution in [0.1, 0.15) is 21.7 Å². The number of carbonyl (C=O) groups is 1. The van der Waals surface area contributed by atoms with Crippen molar-refractivity contribution in [3.63, 3.8) is 0 Å². The Kier molecular flexibility index (Phi) is 3.76. The van der Waals surface area contributed by atoms with E-state index in [1.165, 1.54) is 6.26 Å². The third-order valence-electron chi connectivity index (χ3n) is 3.05. The molecule has 1 aliphatic heterocycles. The summed E-state index contributed by atoms with van der Waals surface area (Å²) < 4.78 is 21.2. The molecule has 2 heterocycles. The largest absolute Gasteiger partial charge is 0.459 e. The van der Waals surface area contributed by atoms with Crippen molar-refractivity contribution >= 4 is 5.91 Å². The van der Waals surface area contributed by atoms with Gasteiger partial charge in [0.05, 0.1) is 19.5 Å². The molecule has 3 N–H and O–H groups in total. The lowest BCUT2D eigenvalue weighted by molar-refractivity contribution is 0.0895. The van der Waals surface area contributed by atoms with Crippen molar-refractivity contribution in [2.75, 3.05) is 6.79 Å². The fourth-order valence-electron chi connectivity index (χ4n) is 2.02. The Labute approximate surface area is 120 Å². The van der Waals surface area contributed by atoms with Crippen LogP contribution in [0.2, 0.25) is 0 Å². The molecule has 7 nitrogen and oxygen atoms in total. The van der Waals surface area contributed by atoms with Crippen LogP contribution in [0.25, 0.3) is 0 Å². The number of nitrogens with two attached hydrogens (primary N) is 1. The zero-order valence-corrected chi connectivity index (χ0v) is 11.1. The highest BCUT2D eigenvalue weighted by atomic mass is 16.7. The molecule has 1 aliphatic rings. The highest BCUT2D eigenvalue weighted by Gasteiger charge is 2.15. The van der Waals surface area contributed by atoms with Gasteiger partial charge in [-0.15, -0.1) is 0 Å². The van der Waals surface area contributed by atoms with E-state index in [1.54, 1.807) is 6.07 Å². The molecule has 2 aromatic rings. The minimum absolute atomic E-state index is 0.156. The summed E-state index contributed by atoms with van der Waals surface area (Å²) in [6.07, 6.45) is 1.42. The number of ether oxygens (including phenoxy) is 3. The second-order valence-electron chi connectivity index (χ2n) is 4.43. The lowest BCUT2D eigenvalue weighted by Crippen LogP contribution is -2.30. The Balaban J connectivity index is 1.59. The van der Waals surface area contributed by atoms with Gasteiger partial charge in [0, 0.05) is 5.56 Å². The van der Waals surface area contributed by atoms with Crippen molar-refractivity contribution in [1.29, 1.82) is 0 Å². The maximum Gasteiger partial charge on any atom is 0.301 e. The highest BCUT2D eigenvalue weighted by molar-refractivity contribution is 5.92. The molecule has 110 valence electrons. The average Bonchev–Trinajstić information content (AvgIpc) is 3.14. The van der Waals surface area contributed by atoms with E-state index in [2.05, 4.69) is 0 Å². The summed E-state index contributed by atoms with van der Waals surface area (Å²) in [6.45, 7) is 0.866. The van der Waals surface area contributed by atoms with Gasteiger partial charge in [0.15, 0.2) is 17.3 Å². The Morgan fingerprint density at radius 2 is 2.10 bits per heavy atom. The summed E-state index contributed by atoms with van der Waals surface area (Å²) in [5.74, 6) is 6.19. The van der Waals surface area contributed by atoms with Gasteiger partial charge in [0.2, 0.25) is 6.79 Å². The van der Waals surface area contributed by atoms with Crippen LogP contribution in [-0.2, 0) is 18.0 Å². The smallest absolute Gasteiger partial charge is 0.301 e. The Hall–Kier alpha value is -2.51. The number of carbonyl (C=O) groups excluding carboxylic acids is 1. The predicted octanol–water partition coefficient (Wildman–Crippen LogP) is 1.33. The molecule has 0 saturated heterocycles. The summed E-state index contributed by atoms with van der Waals surface area (Å²) in [4.78, 5) is 11.4. The number of rotatable bonds is 5. The monoisotopic (exact) mass is 290 g/mol. The molecule has 0 bridgehead atoms. The lowest BCUT2D eigenvalue weighted by atomic mass is 10.2. The molecule has 0 fully saturated rings.